The van der Waals surface area contributed by atoms with Gasteiger partial charge in [0.1, 0.15) is 5.75 Å². The lowest BCUT2D eigenvalue weighted by Gasteiger charge is -2.25. The molecule has 2 aliphatic heterocycles. The predicted molar refractivity (Wildman–Crippen MR) is 128 cm³/mol. The van der Waals surface area contributed by atoms with Gasteiger partial charge in [0.15, 0.2) is 0 Å². The maximum absolute atomic E-state index is 12.8. The fourth-order valence-electron chi connectivity index (χ4n) is 4.18. The van der Waals surface area contributed by atoms with Crippen LogP contribution >= 0.6 is 0 Å². The lowest BCUT2D eigenvalue weighted by atomic mass is 9.93. The number of carbonyl (C=O) groups excluding carboxylic acids is 2. The number of carbonyl (C=O) groups is 2. The minimum atomic E-state index is -0.215. The third kappa shape index (κ3) is 6.34. The molecular weight excluding hydrogens is 418 g/mol. The number of rotatable bonds is 7. The molecule has 7 heteroatoms. The Labute approximate surface area is 194 Å². The van der Waals surface area contributed by atoms with Gasteiger partial charge >= 0.3 is 5.97 Å². The van der Waals surface area contributed by atoms with Crippen LogP contribution in [0.4, 0.5) is 5.69 Å². The van der Waals surface area contributed by atoms with Gasteiger partial charge in [-0.15, -0.1) is 0 Å². The lowest BCUT2D eigenvalue weighted by Crippen LogP contribution is -2.25. The van der Waals surface area contributed by atoms with Gasteiger partial charge in [-0.05, 0) is 74.1 Å². The first kappa shape index (κ1) is 22.8. The van der Waals surface area contributed by atoms with Crippen LogP contribution < -0.4 is 10.1 Å². The summed E-state index contributed by atoms with van der Waals surface area (Å²) in [4.78, 5) is 24.6. The van der Waals surface area contributed by atoms with Crippen molar-refractivity contribution in [2.24, 2.45) is 11.0 Å². The zero-order valence-electron chi connectivity index (χ0n) is 19.1. The van der Waals surface area contributed by atoms with Crippen molar-refractivity contribution in [3.8, 4) is 5.75 Å². The monoisotopic (exact) mass is 449 g/mol. The number of esters is 1. The first-order chi connectivity index (χ1) is 16.1. The van der Waals surface area contributed by atoms with Crippen molar-refractivity contribution in [1.82, 2.24) is 5.01 Å². The van der Waals surface area contributed by atoms with Crippen LogP contribution in [0.2, 0.25) is 0 Å². The van der Waals surface area contributed by atoms with E-state index < -0.39 is 0 Å². The Hall–Kier alpha value is -3.35. The Morgan fingerprint density at radius 1 is 1.15 bits per heavy atom. The van der Waals surface area contributed by atoms with E-state index in [0.717, 1.165) is 35.7 Å². The molecule has 0 bridgehead atoms. The summed E-state index contributed by atoms with van der Waals surface area (Å²) in [6, 6.07) is 13.1. The van der Waals surface area contributed by atoms with Crippen LogP contribution in [0.1, 0.15) is 54.1 Å². The highest BCUT2D eigenvalue weighted by atomic mass is 16.5. The topological polar surface area (TPSA) is 80.2 Å². The van der Waals surface area contributed by atoms with Gasteiger partial charge in [0.05, 0.1) is 25.8 Å². The molecule has 7 nitrogen and oxygen atoms in total. The van der Waals surface area contributed by atoms with Crippen molar-refractivity contribution in [3.63, 3.8) is 0 Å². The molecule has 2 aliphatic rings. The van der Waals surface area contributed by atoms with E-state index in [-0.39, 0.29) is 17.8 Å². The van der Waals surface area contributed by atoms with Gasteiger partial charge in [0, 0.05) is 30.3 Å². The molecule has 1 atom stereocenters. The molecule has 2 aromatic rings. The summed E-state index contributed by atoms with van der Waals surface area (Å²) < 4.78 is 10.8. The number of nitrogens with zero attached hydrogens (tertiary/aromatic N) is 2. The minimum absolute atomic E-state index is 0.0500. The molecule has 1 amide bonds. The van der Waals surface area contributed by atoms with Crippen molar-refractivity contribution in [1.29, 1.82) is 0 Å². The third-order valence-corrected chi connectivity index (χ3v) is 5.94. The average Bonchev–Trinajstić information content (AvgIpc) is 2.84. The van der Waals surface area contributed by atoms with Crippen molar-refractivity contribution >= 4 is 23.8 Å². The Morgan fingerprint density at radius 3 is 2.70 bits per heavy atom. The van der Waals surface area contributed by atoms with Crippen LogP contribution in [0.5, 0.6) is 5.75 Å². The van der Waals surface area contributed by atoms with Crippen LogP contribution in [-0.2, 0) is 16.0 Å². The Bertz CT molecular complexity index is 997. The summed E-state index contributed by atoms with van der Waals surface area (Å²) in [5, 5.41) is 9.60. The van der Waals surface area contributed by atoms with Crippen molar-refractivity contribution in [3.05, 3.63) is 59.2 Å². The highest BCUT2D eigenvalue weighted by Gasteiger charge is 2.24. The van der Waals surface area contributed by atoms with Crippen LogP contribution in [0, 0.1) is 5.92 Å². The largest absolute Gasteiger partial charge is 0.493 e. The first-order valence-electron chi connectivity index (χ1n) is 11.7. The molecule has 2 heterocycles. The molecule has 174 valence electrons. The van der Waals surface area contributed by atoms with E-state index in [1.807, 2.05) is 42.6 Å². The fourth-order valence-corrected chi connectivity index (χ4v) is 4.18. The fraction of sp³-hybridized carbons (Fsp3) is 0.423. The van der Waals surface area contributed by atoms with E-state index >= 15 is 0 Å². The van der Waals surface area contributed by atoms with Gasteiger partial charge < -0.3 is 14.8 Å². The molecule has 0 aliphatic carbocycles. The van der Waals surface area contributed by atoms with E-state index in [9.17, 15) is 9.59 Å². The van der Waals surface area contributed by atoms with E-state index in [2.05, 4.69) is 15.4 Å². The maximum atomic E-state index is 12.8. The minimum Gasteiger partial charge on any atom is -0.493 e. The summed E-state index contributed by atoms with van der Waals surface area (Å²) in [5.41, 5.74) is 3.22. The van der Waals surface area contributed by atoms with Crippen LogP contribution in [-0.4, -0.2) is 49.4 Å². The SMILES string of the molecule is CCOC(=O)CC1COc2ccc(C(=O)Nc3ccc(C=NN4CCCCC4)cc3)cc2C1. The number of fused-ring (bicyclic) bond motifs is 1. The Balaban J connectivity index is 1.35. The number of nitrogens with one attached hydrogen (secondary N) is 1. The van der Waals surface area contributed by atoms with Crippen molar-refractivity contribution in [2.45, 2.75) is 39.0 Å². The van der Waals surface area contributed by atoms with E-state index in [1.165, 1.54) is 19.3 Å². The van der Waals surface area contributed by atoms with Crippen LogP contribution in [0.25, 0.3) is 0 Å². The molecular formula is C26H31N3O4. The number of anilines is 1. The van der Waals surface area contributed by atoms with Crippen LogP contribution in [0.3, 0.4) is 0 Å². The van der Waals surface area contributed by atoms with E-state index in [0.29, 0.717) is 31.6 Å². The predicted octanol–water partition coefficient (Wildman–Crippen LogP) is 4.26. The van der Waals surface area contributed by atoms with Gasteiger partial charge in [-0.25, -0.2) is 0 Å². The standard InChI is InChI=1S/C26H31N3O4/c1-2-32-25(30)15-20-14-22-16-21(8-11-24(22)33-18-20)26(31)28-23-9-6-19(7-10-23)17-27-29-12-4-3-5-13-29/h6-11,16-17,20H,2-5,12-15,18H2,1H3,(H,28,31). The van der Waals surface area contributed by atoms with Gasteiger partial charge in [0.2, 0.25) is 0 Å². The number of piperidine rings is 1. The summed E-state index contributed by atoms with van der Waals surface area (Å²) in [7, 11) is 0. The van der Waals surface area contributed by atoms with E-state index in [1.54, 1.807) is 13.0 Å². The summed E-state index contributed by atoms with van der Waals surface area (Å²) in [6.45, 7) is 4.68. The number of hydrogen-bond acceptors (Lipinski definition) is 6. The number of amides is 1. The molecule has 0 spiro atoms. The molecule has 1 fully saturated rings. The maximum Gasteiger partial charge on any atom is 0.306 e. The summed E-state index contributed by atoms with van der Waals surface area (Å²) >= 11 is 0. The molecule has 4 rings (SSSR count). The molecule has 1 N–H and O–H groups in total. The molecule has 0 saturated carbocycles. The van der Waals surface area contributed by atoms with Crippen molar-refractivity contribution < 1.29 is 19.1 Å². The summed E-state index contributed by atoms with van der Waals surface area (Å²) in [6.07, 6.45) is 6.54. The second-order valence-corrected chi connectivity index (χ2v) is 8.55. The van der Waals surface area contributed by atoms with Gasteiger partial charge in [-0.1, -0.05) is 12.1 Å². The average molecular weight is 450 g/mol. The zero-order valence-corrected chi connectivity index (χ0v) is 19.1. The van der Waals surface area contributed by atoms with Crippen LogP contribution in [0.15, 0.2) is 47.6 Å². The molecule has 0 aromatic heterocycles. The second-order valence-electron chi connectivity index (χ2n) is 8.55. The van der Waals surface area contributed by atoms with E-state index in [4.69, 9.17) is 9.47 Å². The number of benzene rings is 2. The number of ether oxygens (including phenoxy) is 2. The van der Waals surface area contributed by atoms with Gasteiger partial charge in [0.25, 0.3) is 5.91 Å². The quantitative estimate of drug-likeness (QED) is 0.505. The molecule has 2 aromatic carbocycles. The number of hydrazone groups is 1. The Kier molecular flexibility index (Phi) is 7.60. The van der Waals surface area contributed by atoms with Gasteiger partial charge in [-0.2, -0.15) is 5.10 Å². The normalized spacial score (nSPS) is 17.8. The molecule has 1 saturated heterocycles. The third-order valence-electron chi connectivity index (χ3n) is 5.94. The highest BCUT2D eigenvalue weighted by Crippen LogP contribution is 2.30. The lowest BCUT2D eigenvalue weighted by molar-refractivity contribution is -0.144. The number of hydrogen-bond donors (Lipinski definition) is 1. The van der Waals surface area contributed by atoms with Crippen molar-refractivity contribution in [2.75, 3.05) is 31.6 Å². The first-order valence-corrected chi connectivity index (χ1v) is 11.7. The smallest absolute Gasteiger partial charge is 0.306 e. The highest BCUT2D eigenvalue weighted by molar-refractivity contribution is 6.04. The van der Waals surface area contributed by atoms with Gasteiger partial charge in [-0.3, -0.25) is 14.6 Å². The molecule has 1 unspecified atom stereocenters. The second kappa shape index (κ2) is 11.0. The Morgan fingerprint density at radius 2 is 1.94 bits per heavy atom. The summed E-state index contributed by atoms with van der Waals surface area (Å²) in [5.74, 6) is 0.422. The molecule has 0 radical (unpaired) electrons. The molecule has 33 heavy (non-hydrogen) atoms. The zero-order chi connectivity index (χ0) is 23.0.